The molecular weight excluding hydrogens is 252 g/mol. The van der Waals surface area contributed by atoms with Gasteiger partial charge < -0.3 is 15.4 Å². The number of piperidine rings is 1. The molecule has 0 unspecified atom stereocenters. The average molecular weight is 273 g/mol. The zero-order valence-corrected chi connectivity index (χ0v) is 11.5. The van der Waals surface area contributed by atoms with E-state index in [2.05, 4.69) is 20.6 Å². The van der Waals surface area contributed by atoms with E-state index in [4.69, 9.17) is 4.74 Å². The van der Waals surface area contributed by atoms with Crippen LogP contribution in [0.4, 0.5) is 5.82 Å². The van der Waals surface area contributed by atoms with Crippen molar-refractivity contribution < 1.29 is 4.74 Å². The predicted molar refractivity (Wildman–Crippen MR) is 74.5 cm³/mol. The maximum Gasteiger partial charge on any atom is 0.218 e. The van der Waals surface area contributed by atoms with Gasteiger partial charge in [-0.15, -0.1) is 12.4 Å². The third-order valence-electron chi connectivity index (χ3n) is 2.96. The van der Waals surface area contributed by atoms with Gasteiger partial charge in [0.25, 0.3) is 0 Å². The molecule has 0 aromatic carbocycles. The number of hydrogen-bond acceptors (Lipinski definition) is 5. The quantitative estimate of drug-likeness (QED) is 0.855. The Morgan fingerprint density at radius 1 is 1.39 bits per heavy atom. The minimum atomic E-state index is 0. The highest BCUT2D eigenvalue weighted by Gasteiger charge is 2.12. The molecule has 1 aliphatic heterocycles. The molecule has 0 bridgehead atoms. The van der Waals surface area contributed by atoms with Crippen LogP contribution in [0.25, 0.3) is 0 Å². The van der Waals surface area contributed by atoms with Gasteiger partial charge in [-0.3, -0.25) is 0 Å². The molecule has 2 heterocycles. The van der Waals surface area contributed by atoms with Crippen molar-refractivity contribution in [2.75, 3.05) is 31.6 Å². The van der Waals surface area contributed by atoms with Crippen LogP contribution in [-0.4, -0.2) is 36.2 Å². The van der Waals surface area contributed by atoms with E-state index in [1.807, 2.05) is 13.0 Å². The van der Waals surface area contributed by atoms with E-state index in [1.54, 1.807) is 0 Å². The Bertz CT molecular complexity index is 345. The lowest BCUT2D eigenvalue weighted by Gasteiger charge is -2.22. The van der Waals surface area contributed by atoms with Crippen LogP contribution in [0.2, 0.25) is 0 Å². The lowest BCUT2D eigenvalue weighted by molar-refractivity contribution is 0.326. The summed E-state index contributed by atoms with van der Waals surface area (Å²) >= 11 is 0. The Kier molecular flexibility index (Phi) is 6.75. The summed E-state index contributed by atoms with van der Waals surface area (Å²) in [6.07, 6.45) is 4.00. The fourth-order valence-electron chi connectivity index (χ4n) is 2.00. The van der Waals surface area contributed by atoms with Crippen LogP contribution >= 0.6 is 12.4 Å². The first-order valence-corrected chi connectivity index (χ1v) is 6.28. The number of ether oxygens (including phenoxy) is 1. The molecule has 1 aliphatic rings. The van der Waals surface area contributed by atoms with Crippen LogP contribution in [0.1, 0.15) is 19.8 Å². The standard InChI is InChI=1S/C12H20N4O.ClH/c1-2-17-12-7-11(15-9-16-12)14-8-10-3-5-13-6-4-10;/h7,9-10,13H,2-6,8H2,1H3,(H,14,15,16);1H. The Hall–Kier alpha value is -1.07. The first-order chi connectivity index (χ1) is 8.38. The van der Waals surface area contributed by atoms with Crippen molar-refractivity contribution in [1.82, 2.24) is 15.3 Å². The van der Waals surface area contributed by atoms with Gasteiger partial charge >= 0.3 is 0 Å². The highest BCUT2D eigenvalue weighted by atomic mass is 35.5. The van der Waals surface area contributed by atoms with Gasteiger partial charge in [0, 0.05) is 12.6 Å². The fraction of sp³-hybridized carbons (Fsp3) is 0.667. The van der Waals surface area contributed by atoms with Crippen LogP contribution in [0.3, 0.4) is 0 Å². The molecule has 102 valence electrons. The van der Waals surface area contributed by atoms with Crippen LogP contribution in [0, 0.1) is 5.92 Å². The molecule has 0 aliphatic carbocycles. The van der Waals surface area contributed by atoms with Gasteiger partial charge in [0.05, 0.1) is 6.61 Å². The Labute approximate surface area is 114 Å². The fourth-order valence-corrected chi connectivity index (χ4v) is 2.00. The van der Waals surface area contributed by atoms with Crippen molar-refractivity contribution in [2.45, 2.75) is 19.8 Å². The molecule has 1 aromatic rings. The van der Waals surface area contributed by atoms with E-state index in [-0.39, 0.29) is 12.4 Å². The summed E-state index contributed by atoms with van der Waals surface area (Å²) in [6.45, 7) is 5.81. The first-order valence-electron chi connectivity index (χ1n) is 6.28. The van der Waals surface area contributed by atoms with E-state index in [0.29, 0.717) is 12.5 Å². The van der Waals surface area contributed by atoms with Crippen molar-refractivity contribution in [3.05, 3.63) is 12.4 Å². The SMILES string of the molecule is CCOc1cc(NCC2CCNCC2)ncn1.Cl. The molecule has 0 spiro atoms. The summed E-state index contributed by atoms with van der Waals surface area (Å²) in [7, 11) is 0. The second kappa shape index (κ2) is 8.11. The molecule has 0 saturated carbocycles. The molecule has 0 radical (unpaired) electrons. The van der Waals surface area contributed by atoms with Crippen LogP contribution in [-0.2, 0) is 0 Å². The molecule has 6 heteroatoms. The number of nitrogens with zero attached hydrogens (tertiary/aromatic N) is 2. The van der Waals surface area contributed by atoms with Gasteiger partial charge in [-0.25, -0.2) is 9.97 Å². The lowest BCUT2D eigenvalue weighted by atomic mass is 9.98. The minimum Gasteiger partial charge on any atom is -0.478 e. The molecule has 5 nitrogen and oxygen atoms in total. The number of rotatable bonds is 5. The molecule has 1 fully saturated rings. The van der Waals surface area contributed by atoms with Gasteiger partial charge in [0.2, 0.25) is 5.88 Å². The van der Waals surface area contributed by atoms with E-state index >= 15 is 0 Å². The number of halogens is 1. The van der Waals surface area contributed by atoms with Crippen molar-refractivity contribution in [3.8, 4) is 5.88 Å². The summed E-state index contributed by atoms with van der Waals surface area (Å²) in [5, 5.41) is 6.72. The molecule has 2 rings (SSSR count). The highest BCUT2D eigenvalue weighted by Crippen LogP contribution is 2.15. The van der Waals surface area contributed by atoms with E-state index in [9.17, 15) is 0 Å². The van der Waals surface area contributed by atoms with Gasteiger partial charge in [0.1, 0.15) is 12.1 Å². The van der Waals surface area contributed by atoms with Crippen LogP contribution in [0.5, 0.6) is 5.88 Å². The average Bonchev–Trinajstić information content (AvgIpc) is 2.39. The van der Waals surface area contributed by atoms with Gasteiger partial charge in [-0.2, -0.15) is 0 Å². The van der Waals surface area contributed by atoms with Gasteiger partial charge in [0.15, 0.2) is 0 Å². The van der Waals surface area contributed by atoms with Crippen molar-refractivity contribution in [3.63, 3.8) is 0 Å². The molecule has 18 heavy (non-hydrogen) atoms. The molecule has 1 saturated heterocycles. The number of nitrogens with one attached hydrogen (secondary N) is 2. The van der Waals surface area contributed by atoms with Gasteiger partial charge in [-0.05, 0) is 38.8 Å². The maximum absolute atomic E-state index is 5.34. The number of hydrogen-bond donors (Lipinski definition) is 2. The third kappa shape index (κ3) is 4.66. The first kappa shape index (κ1) is 15.0. The Morgan fingerprint density at radius 3 is 2.89 bits per heavy atom. The third-order valence-corrected chi connectivity index (χ3v) is 2.96. The predicted octanol–water partition coefficient (Wildman–Crippen LogP) is 1.71. The van der Waals surface area contributed by atoms with Crippen molar-refractivity contribution in [2.24, 2.45) is 5.92 Å². The zero-order valence-electron chi connectivity index (χ0n) is 10.7. The summed E-state index contributed by atoms with van der Waals surface area (Å²) in [5.74, 6) is 2.22. The summed E-state index contributed by atoms with van der Waals surface area (Å²) in [6, 6.07) is 1.85. The molecular formula is C12H21ClN4O. The van der Waals surface area contributed by atoms with Crippen molar-refractivity contribution in [1.29, 1.82) is 0 Å². The maximum atomic E-state index is 5.34. The molecule has 1 aromatic heterocycles. The van der Waals surface area contributed by atoms with Crippen LogP contribution in [0.15, 0.2) is 12.4 Å². The highest BCUT2D eigenvalue weighted by molar-refractivity contribution is 5.85. The second-order valence-electron chi connectivity index (χ2n) is 4.25. The molecule has 0 amide bonds. The van der Waals surface area contributed by atoms with E-state index in [1.165, 1.54) is 19.2 Å². The summed E-state index contributed by atoms with van der Waals surface area (Å²) in [4.78, 5) is 8.23. The van der Waals surface area contributed by atoms with E-state index < -0.39 is 0 Å². The summed E-state index contributed by atoms with van der Waals surface area (Å²) < 4.78 is 5.34. The monoisotopic (exact) mass is 272 g/mol. The Morgan fingerprint density at radius 2 is 2.17 bits per heavy atom. The van der Waals surface area contributed by atoms with Gasteiger partial charge in [-0.1, -0.05) is 0 Å². The minimum absolute atomic E-state index is 0. The molecule has 2 N–H and O–H groups in total. The zero-order chi connectivity index (χ0) is 11.9. The smallest absolute Gasteiger partial charge is 0.218 e. The number of anilines is 1. The molecule has 0 atom stereocenters. The van der Waals surface area contributed by atoms with E-state index in [0.717, 1.165) is 31.4 Å². The van der Waals surface area contributed by atoms with Crippen LogP contribution < -0.4 is 15.4 Å². The topological polar surface area (TPSA) is 59.1 Å². The largest absolute Gasteiger partial charge is 0.478 e. The summed E-state index contributed by atoms with van der Waals surface area (Å²) in [5.41, 5.74) is 0. The normalized spacial score (nSPS) is 15.8. The lowest BCUT2D eigenvalue weighted by Crippen LogP contribution is -2.31. The number of aromatic nitrogens is 2. The second-order valence-corrected chi connectivity index (χ2v) is 4.25. The Balaban J connectivity index is 0.00000162. The van der Waals surface area contributed by atoms with Crippen molar-refractivity contribution >= 4 is 18.2 Å².